The van der Waals surface area contributed by atoms with Crippen molar-refractivity contribution in [3.05, 3.63) is 84.2 Å². The first-order valence-electron chi connectivity index (χ1n) is 8.98. The van der Waals surface area contributed by atoms with E-state index in [4.69, 9.17) is 9.47 Å². The highest BCUT2D eigenvalue weighted by Crippen LogP contribution is 2.25. The van der Waals surface area contributed by atoms with Gasteiger partial charge in [-0.3, -0.25) is 14.6 Å². The fraction of sp³-hybridized carbons (Fsp3) is 0.136. The molecule has 0 spiro atoms. The molecule has 7 heteroatoms. The number of nitrogens with zero attached hydrogens (tertiary/aromatic N) is 1. The van der Waals surface area contributed by atoms with Crippen molar-refractivity contribution in [1.82, 2.24) is 10.3 Å². The normalized spacial score (nSPS) is 10.1. The third kappa shape index (κ3) is 5.80. The molecule has 148 valence electrons. The first-order chi connectivity index (χ1) is 14.2. The highest BCUT2D eigenvalue weighted by Gasteiger charge is 2.08. The summed E-state index contributed by atoms with van der Waals surface area (Å²) >= 11 is 0. The average molecular weight is 391 g/mol. The Labute approximate surface area is 168 Å². The van der Waals surface area contributed by atoms with Crippen LogP contribution in [0, 0.1) is 0 Å². The monoisotopic (exact) mass is 391 g/mol. The predicted octanol–water partition coefficient (Wildman–Crippen LogP) is 3.04. The van der Waals surface area contributed by atoms with Crippen LogP contribution in [0.2, 0.25) is 0 Å². The number of amides is 2. The summed E-state index contributed by atoms with van der Waals surface area (Å²) in [6.45, 7) is 0.238. The zero-order chi connectivity index (χ0) is 20.5. The number of pyridine rings is 1. The zero-order valence-electron chi connectivity index (χ0n) is 15.9. The number of hydrogen-bond donors (Lipinski definition) is 2. The lowest BCUT2D eigenvalue weighted by molar-refractivity contribution is -0.118. The van der Waals surface area contributed by atoms with Crippen LogP contribution in [0.3, 0.4) is 0 Å². The summed E-state index contributed by atoms with van der Waals surface area (Å²) in [5, 5.41) is 5.59. The largest absolute Gasteiger partial charge is 0.493 e. The van der Waals surface area contributed by atoms with Gasteiger partial charge in [0.15, 0.2) is 18.1 Å². The van der Waals surface area contributed by atoms with Crippen molar-refractivity contribution in [2.45, 2.75) is 6.54 Å². The number of benzene rings is 2. The number of ether oxygens (including phenoxy) is 2. The quantitative estimate of drug-likeness (QED) is 0.616. The SMILES string of the molecule is COc1ccccc1OCC(=O)Nc1ccc(CNC(=O)c2cccnc2)cc1. The standard InChI is InChI=1S/C22H21N3O4/c1-28-19-6-2-3-7-20(19)29-15-21(26)25-18-10-8-16(9-11-18)13-24-22(27)17-5-4-12-23-14-17/h2-12,14H,13,15H2,1H3,(H,24,27)(H,25,26). The molecule has 2 amide bonds. The first kappa shape index (κ1) is 19.9. The summed E-state index contributed by atoms with van der Waals surface area (Å²) in [5.41, 5.74) is 2.05. The molecular weight excluding hydrogens is 370 g/mol. The summed E-state index contributed by atoms with van der Waals surface area (Å²) in [6.07, 6.45) is 3.13. The maximum Gasteiger partial charge on any atom is 0.262 e. The molecule has 29 heavy (non-hydrogen) atoms. The molecule has 2 N–H and O–H groups in total. The molecule has 0 atom stereocenters. The van der Waals surface area contributed by atoms with Crippen LogP contribution >= 0.6 is 0 Å². The fourth-order valence-corrected chi connectivity index (χ4v) is 2.57. The minimum atomic E-state index is -0.284. The van der Waals surface area contributed by atoms with Crippen LogP contribution in [0.5, 0.6) is 11.5 Å². The minimum absolute atomic E-state index is 0.136. The predicted molar refractivity (Wildman–Crippen MR) is 109 cm³/mol. The van der Waals surface area contributed by atoms with Gasteiger partial charge in [0.05, 0.1) is 12.7 Å². The van der Waals surface area contributed by atoms with Crippen LogP contribution in [0.1, 0.15) is 15.9 Å². The van der Waals surface area contributed by atoms with Crippen molar-refractivity contribution in [2.75, 3.05) is 19.0 Å². The van der Waals surface area contributed by atoms with E-state index in [0.29, 0.717) is 29.3 Å². The van der Waals surface area contributed by atoms with Crippen LogP contribution in [0.15, 0.2) is 73.1 Å². The molecule has 0 saturated heterocycles. The van der Waals surface area contributed by atoms with Gasteiger partial charge in [-0.15, -0.1) is 0 Å². The summed E-state index contributed by atoms with van der Waals surface area (Å²) in [5.74, 6) is 0.598. The number of nitrogens with one attached hydrogen (secondary N) is 2. The molecule has 0 saturated carbocycles. The van der Waals surface area contributed by atoms with Gasteiger partial charge in [0, 0.05) is 24.6 Å². The van der Waals surface area contributed by atoms with Gasteiger partial charge in [0.25, 0.3) is 11.8 Å². The van der Waals surface area contributed by atoms with E-state index in [1.165, 1.54) is 6.20 Å². The Morgan fingerprint density at radius 2 is 1.72 bits per heavy atom. The summed E-state index contributed by atoms with van der Waals surface area (Å²) in [6, 6.07) is 17.8. The van der Waals surface area contributed by atoms with Gasteiger partial charge in [-0.1, -0.05) is 24.3 Å². The lowest BCUT2D eigenvalue weighted by Crippen LogP contribution is -2.23. The maximum absolute atomic E-state index is 12.1. The highest BCUT2D eigenvalue weighted by atomic mass is 16.5. The van der Waals surface area contributed by atoms with Gasteiger partial charge in [-0.05, 0) is 42.0 Å². The zero-order valence-corrected chi connectivity index (χ0v) is 15.9. The Balaban J connectivity index is 1.47. The lowest BCUT2D eigenvalue weighted by atomic mass is 10.2. The van der Waals surface area contributed by atoms with Gasteiger partial charge >= 0.3 is 0 Å². The molecule has 3 aromatic rings. The molecule has 1 aromatic heterocycles. The Bertz CT molecular complexity index is 959. The number of para-hydroxylation sites is 2. The Hall–Kier alpha value is -3.87. The Morgan fingerprint density at radius 3 is 2.41 bits per heavy atom. The van der Waals surface area contributed by atoms with Crippen LogP contribution in [0.4, 0.5) is 5.69 Å². The number of rotatable bonds is 8. The van der Waals surface area contributed by atoms with Crippen molar-refractivity contribution >= 4 is 17.5 Å². The smallest absolute Gasteiger partial charge is 0.262 e. The molecule has 0 radical (unpaired) electrons. The molecule has 0 unspecified atom stereocenters. The van der Waals surface area contributed by atoms with Crippen molar-refractivity contribution in [1.29, 1.82) is 0 Å². The third-order valence-electron chi connectivity index (χ3n) is 4.04. The topological polar surface area (TPSA) is 89.5 Å². The van der Waals surface area contributed by atoms with Gasteiger partial charge in [0.2, 0.25) is 0 Å². The van der Waals surface area contributed by atoms with Crippen molar-refractivity contribution in [3.8, 4) is 11.5 Å². The molecule has 1 heterocycles. The van der Waals surface area contributed by atoms with Crippen LogP contribution in [-0.2, 0) is 11.3 Å². The van der Waals surface area contributed by atoms with Crippen LogP contribution in [0.25, 0.3) is 0 Å². The van der Waals surface area contributed by atoms with E-state index in [-0.39, 0.29) is 18.4 Å². The van der Waals surface area contributed by atoms with Gasteiger partial charge in [0.1, 0.15) is 0 Å². The number of aromatic nitrogens is 1. The number of methoxy groups -OCH3 is 1. The molecule has 7 nitrogen and oxygen atoms in total. The molecule has 0 aliphatic heterocycles. The van der Waals surface area contributed by atoms with Crippen molar-refractivity contribution < 1.29 is 19.1 Å². The number of hydrogen-bond acceptors (Lipinski definition) is 5. The minimum Gasteiger partial charge on any atom is -0.493 e. The highest BCUT2D eigenvalue weighted by molar-refractivity contribution is 5.94. The van der Waals surface area contributed by atoms with E-state index in [0.717, 1.165) is 5.56 Å². The van der Waals surface area contributed by atoms with Crippen LogP contribution < -0.4 is 20.1 Å². The average Bonchev–Trinajstić information content (AvgIpc) is 2.77. The van der Waals surface area contributed by atoms with E-state index in [1.54, 1.807) is 49.7 Å². The van der Waals surface area contributed by atoms with E-state index < -0.39 is 0 Å². The molecular formula is C22H21N3O4. The summed E-state index contributed by atoms with van der Waals surface area (Å²) in [4.78, 5) is 28.1. The van der Waals surface area contributed by atoms with E-state index in [1.807, 2.05) is 24.3 Å². The molecule has 0 aliphatic rings. The Kier molecular flexibility index (Phi) is 6.78. The second-order valence-corrected chi connectivity index (χ2v) is 6.11. The summed E-state index contributed by atoms with van der Waals surface area (Å²) < 4.78 is 10.7. The number of anilines is 1. The Morgan fingerprint density at radius 1 is 0.966 bits per heavy atom. The molecule has 2 aromatic carbocycles. The molecule has 0 bridgehead atoms. The van der Waals surface area contributed by atoms with Crippen molar-refractivity contribution in [3.63, 3.8) is 0 Å². The van der Waals surface area contributed by atoms with Crippen LogP contribution in [-0.4, -0.2) is 30.5 Å². The second-order valence-electron chi connectivity index (χ2n) is 6.11. The molecule has 0 aliphatic carbocycles. The van der Waals surface area contributed by atoms with E-state index in [2.05, 4.69) is 15.6 Å². The van der Waals surface area contributed by atoms with Gasteiger partial charge in [-0.25, -0.2) is 0 Å². The maximum atomic E-state index is 12.1. The van der Waals surface area contributed by atoms with Crippen molar-refractivity contribution in [2.24, 2.45) is 0 Å². The third-order valence-corrected chi connectivity index (χ3v) is 4.04. The van der Waals surface area contributed by atoms with Gasteiger partial charge < -0.3 is 20.1 Å². The van der Waals surface area contributed by atoms with E-state index in [9.17, 15) is 9.59 Å². The second kappa shape index (κ2) is 9.89. The molecule has 0 fully saturated rings. The number of carbonyl (C=O) groups is 2. The number of carbonyl (C=O) groups excluding carboxylic acids is 2. The summed E-state index contributed by atoms with van der Waals surface area (Å²) in [7, 11) is 1.54. The van der Waals surface area contributed by atoms with Gasteiger partial charge in [-0.2, -0.15) is 0 Å². The first-order valence-corrected chi connectivity index (χ1v) is 8.98. The fourth-order valence-electron chi connectivity index (χ4n) is 2.57. The van der Waals surface area contributed by atoms with E-state index >= 15 is 0 Å². The lowest BCUT2D eigenvalue weighted by Gasteiger charge is -2.11. The molecule has 3 rings (SSSR count).